The number of aromatic nitrogens is 4. The van der Waals surface area contributed by atoms with Crippen LogP contribution < -0.4 is 9.80 Å². The van der Waals surface area contributed by atoms with Crippen LogP contribution in [-0.4, -0.2) is 56.9 Å². The maximum absolute atomic E-state index is 10.7. The quantitative estimate of drug-likeness (QED) is 0.0614. The molecule has 23 heteroatoms. The van der Waals surface area contributed by atoms with E-state index in [2.05, 4.69) is 123 Å². The van der Waals surface area contributed by atoms with E-state index < -0.39 is 31.3 Å². The molecule has 0 N–H and O–H groups in total. The Labute approximate surface area is 377 Å². The van der Waals surface area contributed by atoms with Crippen molar-refractivity contribution in [2.45, 2.75) is 24.1 Å². The second-order valence-electron chi connectivity index (χ2n) is 10.9. The fourth-order valence-electron chi connectivity index (χ4n) is 4.21. The third-order valence-corrected chi connectivity index (χ3v) is 10.1. The SMILES string of the molecule is Ic1ccccc1CN(c1ccccn1)c1ccccn1.Ic1ccccc1CN(c1ccccn1)c1ccccn1.O=S(=O)([O-])C(F)(F)F.O=S(=O)([O-])C(F)(F)F.[Pt+2]. The predicted molar refractivity (Wildman–Crippen MR) is 218 cm³/mol. The molecule has 4 aromatic heterocycles. The second kappa shape index (κ2) is 23.8. The van der Waals surface area contributed by atoms with E-state index in [0.717, 1.165) is 36.4 Å². The topological polar surface area (TPSA) is 172 Å². The Balaban J connectivity index is 0.000000297. The largest absolute Gasteiger partial charge is 2.00 e. The number of alkyl halides is 6. The summed E-state index contributed by atoms with van der Waals surface area (Å²) in [5, 5.41) is 0. The summed E-state index contributed by atoms with van der Waals surface area (Å²) in [5.74, 6) is 3.60. The van der Waals surface area contributed by atoms with Crippen molar-refractivity contribution in [3.05, 3.63) is 164 Å². The van der Waals surface area contributed by atoms with Gasteiger partial charge in [0.15, 0.2) is 20.2 Å². The number of halogens is 8. The molecule has 2 aromatic carbocycles. The van der Waals surface area contributed by atoms with Crippen LogP contribution in [0.25, 0.3) is 0 Å². The number of pyridine rings is 4. The molecule has 316 valence electrons. The first-order valence-electron chi connectivity index (χ1n) is 15.9. The summed E-state index contributed by atoms with van der Waals surface area (Å²) in [6.07, 6.45) is 7.23. The minimum absolute atomic E-state index is 0. The van der Waals surface area contributed by atoms with Gasteiger partial charge in [-0.05, 0) is 117 Å². The van der Waals surface area contributed by atoms with Crippen LogP contribution in [0.15, 0.2) is 146 Å². The first kappa shape index (κ1) is 51.3. The standard InChI is InChI=1S/2C17H14IN3.2CHF3O3S.Pt/c2*18-15-8-2-1-7-14(15)13-21(16-9-3-5-11-19-16)17-10-4-6-12-20-17;2*2-1(3,4)8(5,6)7;/h2*1-12H,13H2;2*(H,5,6,7);/q;;;;+2/p-2. The normalized spacial score (nSPS) is 11.2. The third kappa shape index (κ3) is 17.4. The Kier molecular flexibility index (Phi) is 20.7. The number of hydrogen-bond acceptors (Lipinski definition) is 12. The zero-order chi connectivity index (χ0) is 43.0. The van der Waals surface area contributed by atoms with E-state index in [1.54, 1.807) is 24.8 Å². The summed E-state index contributed by atoms with van der Waals surface area (Å²) in [6, 6.07) is 40.4. The third-order valence-electron chi connectivity index (χ3n) is 6.84. The van der Waals surface area contributed by atoms with Crippen LogP contribution in [0.1, 0.15) is 11.1 Å². The van der Waals surface area contributed by atoms with Crippen LogP contribution >= 0.6 is 45.2 Å². The fraction of sp³-hybridized carbons (Fsp3) is 0.111. The molecule has 0 unspecified atom stereocenters. The van der Waals surface area contributed by atoms with Crippen molar-refractivity contribution in [1.82, 2.24) is 19.9 Å². The summed E-state index contributed by atoms with van der Waals surface area (Å²) >= 11 is 4.73. The van der Waals surface area contributed by atoms with Crippen molar-refractivity contribution in [1.29, 1.82) is 0 Å². The minimum atomic E-state index is -6.09. The van der Waals surface area contributed by atoms with Crippen LogP contribution in [0, 0.1) is 7.14 Å². The molecule has 0 spiro atoms. The molecule has 0 radical (unpaired) electrons. The van der Waals surface area contributed by atoms with E-state index in [9.17, 15) is 26.3 Å². The van der Waals surface area contributed by atoms with Crippen molar-refractivity contribution >= 4 is 88.7 Å². The van der Waals surface area contributed by atoms with Crippen molar-refractivity contribution in [3.63, 3.8) is 0 Å². The summed E-state index contributed by atoms with van der Waals surface area (Å²) in [6.45, 7) is 1.49. The van der Waals surface area contributed by atoms with Crippen LogP contribution in [0.4, 0.5) is 49.6 Å². The maximum atomic E-state index is 10.7. The van der Waals surface area contributed by atoms with Crippen LogP contribution in [0.5, 0.6) is 0 Å². The molecular formula is C36H28F6I2N6O6PtS2. The van der Waals surface area contributed by atoms with Crippen LogP contribution in [0.2, 0.25) is 0 Å². The molecule has 0 aliphatic heterocycles. The van der Waals surface area contributed by atoms with Crippen molar-refractivity contribution < 1.29 is 73.3 Å². The summed E-state index contributed by atoms with van der Waals surface area (Å²) in [5.41, 5.74) is -8.77. The zero-order valence-corrected chi connectivity index (χ0v) is 37.8. The Morgan fingerprint density at radius 3 is 0.864 bits per heavy atom. The van der Waals surface area contributed by atoms with E-state index in [0.29, 0.717) is 0 Å². The predicted octanol–water partition coefficient (Wildman–Crippen LogP) is 8.94. The van der Waals surface area contributed by atoms with Gasteiger partial charge in [0, 0.05) is 31.9 Å². The Hall–Kier alpha value is -3.81. The molecule has 0 saturated heterocycles. The first-order chi connectivity index (χ1) is 27.2. The fourth-order valence-corrected chi connectivity index (χ4v) is 5.32. The van der Waals surface area contributed by atoms with Gasteiger partial charge >= 0.3 is 32.1 Å². The number of hydrogen-bond donors (Lipinski definition) is 0. The zero-order valence-electron chi connectivity index (χ0n) is 29.6. The maximum Gasteiger partial charge on any atom is 2.00 e. The van der Waals surface area contributed by atoms with Crippen LogP contribution in [0.3, 0.4) is 0 Å². The Morgan fingerprint density at radius 1 is 0.458 bits per heavy atom. The van der Waals surface area contributed by atoms with Gasteiger partial charge in [0.2, 0.25) is 0 Å². The summed E-state index contributed by atoms with van der Waals surface area (Å²) in [4.78, 5) is 22.1. The number of nitrogens with zero attached hydrogens (tertiary/aromatic N) is 6. The van der Waals surface area contributed by atoms with E-state index in [-0.39, 0.29) is 21.1 Å². The summed E-state index contributed by atoms with van der Waals surface area (Å²) < 4.78 is 120. The monoisotopic (exact) mass is 1270 g/mol. The van der Waals surface area contributed by atoms with Crippen molar-refractivity contribution in [3.8, 4) is 0 Å². The van der Waals surface area contributed by atoms with Gasteiger partial charge in [-0.15, -0.1) is 0 Å². The average Bonchev–Trinajstić information content (AvgIpc) is 3.18. The molecule has 6 rings (SSSR count). The number of benzene rings is 2. The molecule has 4 heterocycles. The van der Waals surface area contributed by atoms with E-state index in [1.165, 1.54) is 18.3 Å². The molecule has 6 aromatic rings. The van der Waals surface area contributed by atoms with Gasteiger partial charge in [0.05, 0.1) is 13.1 Å². The van der Waals surface area contributed by atoms with Gasteiger partial charge in [0.25, 0.3) is 0 Å². The number of rotatable bonds is 8. The van der Waals surface area contributed by atoms with Gasteiger partial charge in [-0.3, -0.25) is 0 Å². The molecule has 0 fully saturated rings. The van der Waals surface area contributed by atoms with Crippen LogP contribution in [-0.2, 0) is 54.4 Å². The molecule has 0 aliphatic carbocycles. The first-order valence-corrected chi connectivity index (χ1v) is 20.9. The molecule has 0 aliphatic rings. The molecule has 0 saturated carbocycles. The molecule has 12 nitrogen and oxygen atoms in total. The molecule has 59 heavy (non-hydrogen) atoms. The molecular weight excluding hydrogens is 1240 g/mol. The molecule has 0 amide bonds. The van der Waals surface area contributed by atoms with Gasteiger partial charge in [-0.2, -0.15) is 26.3 Å². The minimum Gasteiger partial charge on any atom is -0.741 e. The van der Waals surface area contributed by atoms with Gasteiger partial charge in [-0.25, -0.2) is 36.8 Å². The van der Waals surface area contributed by atoms with E-state index >= 15 is 0 Å². The van der Waals surface area contributed by atoms with E-state index in [1.807, 2.05) is 72.8 Å². The van der Waals surface area contributed by atoms with Gasteiger partial charge in [-0.1, -0.05) is 60.7 Å². The molecule has 0 bridgehead atoms. The number of anilines is 4. The molecule has 0 atom stereocenters. The average molecular weight is 1270 g/mol. The Bertz CT molecular complexity index is 2140. The van der Waals surface area contributed by atoms with Crippen molar-refractivity contribution in [2.24, 2.45) is 0 Å². The van der Waals surface area contributed by atoms with E-state index in [4.69, 9.17) is 25.9 Å². The Morgan fingerprint density at radius 2 is 0.678 bits per heavy atom. The van der Waals surface area contributed by atoms with Gasteiger partial charge in [0.1, 0.15) is 23.3 Å². The smallest absolute Gasteiger partial charge is 0.741 e. The second-order valence-corrected chi connectivity index (χ2v) is 16.0. The van der Waals surface area contributed by atoms with Crippen molar-refractivity contribution in [2.75, 3.05) is 9.80 Å². The van der Waals surface area contributed by atoms with Gasteiger partial charge < -0.3 is 18.9 Å². The summed E-state index contributed by atoms with van der Waals surface area (Å²) in [7, 11) is -12.2.